The Kier molecular flexibility index (Phi) is 4.05. The molecule has 23 heavy (non-hydrogen) atoms. The largest absolute Gasteiger partial charge is 0.338 e. The first-order valence-electron chi connectivity index (χ1n) is 7.80. The van der Waals surface area contributed by atoms with Crippen molar-refractivity contribution in [3.8, 4) is 0 Å². The standard InChI is InChI=1S/C16H17Cl2N3O2/c17-11-5-6-12(13(18)7-11)16(8-21-10-19-9-20-21)22-14-3-1-2-4-15(14)23-16/h5-7,9-10,14-15H,1-4,8H2/t14-,15-/m1/s1. The van der Waals surface area contributed by atoms with E-state index in [0.717, 1.165) is 31.2 Å². The number of aromatic nitrogens is 3. The Morgan fingerprint density at radius 1 is 1.17 bits per heavy atom. The maximum Gasteiger partial charge on any atom is 0.217 e. The lowest BCUT2D eigenvalue weighted by molar-refractivity contribution is -0.195. The molecule has 2 aliphatic rings. The van der Waals surface area contributed by atoms with Gasteiger partial charge in [0.1, 0.15) is 19.2 Å². The Morgan fingerprint density at radius 3 is 2.52 bits per heavy atom. The minimum absolute atomic E-state index is 0.0963. The van der Waals surface area contributed by atoms with Gasteiger partial charge in [0.05, 0.1) is 17.2 Å². The molecule has 0 bridgehead atoms. The van der Waals surface area contributed by atoms with Gasteiger partial charge in [0.2, 0.25) is 5.79 Å². The zero-order valence-corrected chi connectivity index (χ0v) is 14.0. The van der Waals surface area contributed by atoms with Crippen molar-refractivity contribution in [1.29, 1.82) is 0 Å². The number of hydrogen-bond acceptors (Lipinski definition) is 4. The summed E-state index contributed by atoms with van der Waals surface area (Å²) in [6.07, 6.45) is 7.69. The number of benzene rings is 1. The molecule has 0 radical (unpaired) electrons. The average molecular weight is 354 g/mol. The van der Waals surface area contributed by atoms with Crippen molar-refractivity contribution in [3.05, 3.63) is 46.5 Å². The van der Waals surface area contributed by atoms with Crippen LogP contribution < -0.4 is 0 Å². The predicted octanol–water partition coefficient (Wildman–Crippen LogP) is 3.80. The molecule has 1 aliphatic heterocycles. The summed E-state index contributed by atoms with van der Waals surface area (Å²) in [7, 11) is 0. The normalized spacial score (nSPS) is 26.2. The van der Waals surface area contributed by atoms with Gasteiger partial charge in [-0.2, -0.15) is 5.10 Å². The molecule has 5 nitrogen and oxygen atoms in total. The molecule has 2 heterocycles. The minimum atomic E-state index is -0.949. The van der Waals surface area contributed by atoms with Crippen molar-refractivity contribution >= 4 is 23.2 Å². The molecule has 4 rings (SSSR count). The topological polar surface area (TPSA) is 49.2 Å². The van der Waals surface area contributed by atoms with Crippen molar-refractivity contribution in [2.75, 3.05) is 0 Å². The number of fused-ring (bicyclic) bond motifs is 1. The summed E-state index contributed by atoms with van der Waals surface area (Å²) >= 11 is 12.5. The highest BCUT2D eigenvalue weighted by atomic mass is 35.5. The second kappa shape index (κ2) is 6.06. The van der Waals surface area contributed by atoms with Gasteiger partial charge >= 0.3 is 0 Å². The molecule has 1 aromatic carbocycles. The van der Waals surface area contributed by atoms with Crippen molar-refractivity contribution in [2.24, 2.45) is 0 Å². The van der Waals surface area contributed by atoms with Gasteiger partial charge in [-0.3, -0.25) is 0 Å². The zero-order valence-electron chi connectivity index (χ0n) is 12.5. The van der Waals surface area contributed by atoms with Gasteiger partial charge in [0.25, 0.3) is 0 Å². The van der Waals surface area contributed by atoms with E-state index >= 15 is 0 Å². The molecule has 1 aliphatic carbocycles. The molecule has 1 saturated heterocycles. The summed E-state index contributed by atoms with van der Waals surface area (Å²) in [5, 5.41) is 5.32. The van der Waals surface area contributed by atoms with Gasteiger partial charge in [-0.25, -0.2) is 9.67 Å². The third-order valence-electron chi connectivity index (χ3n) is 4.50. The number of halogens is 2. The molecule has 1 saturated carbocycles. The average Bonchev–Trinajstić information content (AvgIpc) is 3.14. The van der Waals surface area contributed by atoms with Gasteiger partial charge in [-0.05, 0) is 25.0 Å². The Morgan fingerprint density at radius 2 is 1.91 bits per heavy atom. The van der Waals surface area contributed by atoms with E-state index in [-0.39, 0.29) is 12.2 Å². The SMILES string of the molecule is Clc1ccc(C2(Cn3cncn3)O[C@@H]3CCCC[C@H]3O2)c(Cl)c1. The number of nitrogens with zero attached hydrogens (tertiary/aromatic N) is 3. The van der Waals surface area contributed by atoms with Crippen LogP contribution in [-0.2, 0) is 21.8 Å². The van der Waals surface area contributed by atoms with Crippen LogP contribution in [0.15, 0.2) is 30.9 Å². The smallest absolute Gasteiger partial charge is 0.217 e. The molecule has 0 spiro atoms. The lowest BCUT2D eigenvalue weighted by atomic mass is 9.95. The second-order valence-electron chi connectivity index (χ2n) is 6.07. The van der Waals surface area contributed by atoms with E-state index in [0.29, 0.717) is 16.6 Å². The summed E-state index contributed by atoms with van der Waals surface area (Å²) in [5.41, 5.74) is 0.786. The van der Waals surface area contributed by atoms with Crippen LogP contribution in [0.2, 0.25) is 10.0 Å². The summed E-state index contributed by atoms with van der Waals surface area (Å²) in [6, 6.07) is 5.40. The quantitative estimate of drug-likeness (QED) is 0.841. The fourth-order valence-corrected chi connectivity index (χ4v) is 4.01. The van der Waals surface area contributed by atoms with E-state index in [1.165, 1.54) is 6.33 Å². The Balaban J connectivity index is 1.74. The fraction of sp³-hybridized carbons (Fsp3) is 0.500. The van der Waals surface area contributed by atoms with Crippen LogP contribution in [0.25, 0.3) is 0 Å². The molecule has 1 aromatic heterocycles. The number of hydrogen-bond donors (Lipinski definition) is 0. The second-order valence-corrected chi connectivity index (χ2v) is 6.91. The molecule has 0 amide bonds. The molecule has 0 N–H and O–H groups in total. The first-order valence-corrected chi connectivity index (χ1v) is 8.55. The Labute approximate surface area is 144 Å². The van der Waals surface area contributed by atoms with Crippen molar-refractivity contribution in [1.82, 2.24) is 14.8 Å². The zero-order chi connectivity index (χ0) is 15.9. The summed E-state index contributed by atoms with van der Waals surface area (Å²) < 4.78 is 14.5. The molecule has 7 heteroatoms. The highest BCUT2D eigenvalue weighted by Gasteiger charge is 2.50. The molecule has 0 unspecified atom stereocenters. The van der Waals surface area contributed by atoms with Crippen LogP contribution in [0, 0.1) is 0 Å². The number of rotatable bonds is 3. The van der Waals surface area contributed by atoms with Crippen molar-refractivity contribution in [3.63, 3.8) is 0 Å². The van der Waals surface area contributed by atoms with Crippen molar-refractivity contribution < 1.29 is 9.47 Å². The maximum atomic E-state index is 6.45. The Bertz CT molecular complexity index is 679. The van der Waals surface area contributed by atoms with Crippen molar-refractivity contribution in [2.45, 2.75) is 50.2 Å². The van der Waals surface area contributed by atoms with E-state index < -0.39 is 5.79 Å². The van der Waals surface area contributed by atoms with Crippen LogP contribution in [-0.4, -0.2) is 27.0 Å². The van der Waals surface area contributed by atoms with Crippen LogP contribution in [0.1, 0.15) is 31.2 Å². The molecule has 2 aromatic rings. The highest BCUT2D eigenvalue weighted by Crippen LogP contribution is 2.46. The minimum Gasteiger partial charge on any atom is -0.338 e. The highest BCUT2D eigenvalue weighted by molar-refractivity contribution is 6.35. The molecule has 2 fully saturated rings. The first kappa shape index (κ1) is 15.4. The van der Waals surface area contributed by atoms with E-state index in [2.05, 4.69) is 10.1 Å². The van der Waals surface area contributed by atoms with E-state index in [4.69, 9.17) is 32.7 Å². The van der Waals surface area contributed by atoms with Gasteiger partial charge < -0.3 is 9.47 Å². The third-order valence-corrected chi connectivity index (χ3v) is 5.05. The van der Waals surface area contributed by atoms with E-state index in [1.54, 1.807) is 23.1 Å². The molecular formula is C16H17Cl2N3O2. The maximum absolute atomic E-state index is 6.45. The van der Waals surface area contributed by atoms with Gasteiger partial charge in [-0.1, -0.05) is 42.1 Å². The Hall–Kier alpha value is -1.14. The number of ether oxygens (including phenoxy) is 2. The summed E-state index contributed by atoms with van der Waals surface area (Å²) in [6.45, 7) is 0.404. The predicted molar refractivity (Wildman–Crippen MR) is 86.4 cm³/mol. The van der Waals surface area contributed by atoms with Crippen LogP contribution in [0.3, 0.4) is 0 Å². The van der Waals surface area contributed by atoms with Gasteiger partial charge in [-0.15, -0.1) is 0 Å². The monoisotopic (exact) mass is 353 g/mol. The fourth-order valence-electron chi connectivity index (χ4n) is 3.46. The van der Waals surface area contributed by atoms with E-state index in [9.17, 15) is 0 Å². The van der Waals surface area contributed by atoms with Crippen LogP contribution in [0.4, 0.5) is 0 Å². The first-order chi connectivity index (χ1) is 11.2. The van der Waals surface area contributed by atoms with Crippen LogP contribution in [0.5, 0.6) is 0 Å². The lowest BCUT2D eigenvalue weighted by Crippen LogP contribution is -2.34. The van der Waals surface area contributed by atoms with Crippen LogP contribution >= 0.6 is 23.2 Å². The molecule has 2 atom stereocenters. The summed E-state index contributed by atoms with van der Waals surface area (Å²) in [4.78, 5) is 4.00. The molecular weight excluding hydrogens is 337 g/mol. The third kappa shape index (κ3) is 2.87. The van der Waals surface area contributed by atoms with Gasteiger partial charge in [0.15, 0.2) is 0 Å². The van der Waals surface area contributed by atoms with E-state index in [1.807, 2.05) is 6.07 Å². The lowest BCUT2D eigenvalue weighted by Gasteiger charge is -2.29. The molecule has 122 valence electrons. The summed E-state index contributed by atoms with van der Waals surface area (Å²) in [5.74, 6) is -0.949. The van der Waals surface area contributed by atoms with Gasteiger partial charge in [0, 0.05) is 10.6 Å².